The molecule has 3 aromatic rings. The Labute approximate surface area is 249 Å². The molecular weight excluding hydrogens is 561 g/mol. The lowest BCUT2D eigenvalue weighted by atomic mass is 10.0. The molecule has 1 aromatic heterocycles. The summed E-state index contributed by atoms with van der Waals surface area (Å²) in [5, 5.41) is 8.04. The summed E-state index contributed by atoms with van der Waals surface area (Å²) >= 11 is 6.05. The van der Waals surface area contributed by atoms with Gasteiger partial charge >= 0.3 is 0 Å². The van der Waals surface area contributed by atoms with E-state index < -0.39 is 5.82 Å². The van der Waals surface area contributed by atoms with E-state index in [0.29, 0.717) is 53.7 Å². The molecule has 2 N–H and O–H groups in total. The number of anilines is 5. The smallest absolute Gasteiger partial charge is 0.247 e. The first-order valence-electron chi connectivity index (χ1n) is 13.9. The first-order valence-corrected chi connectivity index (χ1v) is 14.3. The first kappa shape index (κ1) is 28.2. The average Bonchev–Trinajstić information content (AvgIpc) is 3.73. The monoisotopic (exact) mass is 593 g/mol. The number of methoxy groups -OCH3 is 1. The van der Waals surface area contributed by atoms with E-state index >= 15 is 0 Å². The third kappa shape index (κ3) is 5.47. The summed E-state index contributed by atoms with van der Waals surface area (Å²) in [5.41, 5.74) is 2.98. The molecular formula is C30H33ClFN7O3. The Balaban J connectivity index is 1.29. The molecule has 0 bridgehead atoms. The fourth-order valence-corrected chi connectivity index (χ4v) is 6.33. The topological polar surface area (TPSA) is 95.1 Å². The number of likely N-dealkylation sites (N-methyl/N-ethyl adjacent to an activating group) is 1. The van der Waals surface area contributed by atoms with Crippen LogP contribution in [-0.4, -0.2) is 67.2 Å². The quantitative estimate of drug-likeness (QED) is 0.343. The molecule has 42 heavy (non-hydrogen) atoms. The number of carbonyl (C=O) groups is 1. The van der Waals surface area contributed by atoms with Gasteiger partial charge in [0.2, 0.25) is 5.91 Å². The van der Waals surface area contributed by atoms with Crippen LogP contribution in [0.2, 0.25) is 5.02 Å². The highest BCUT2D eigenvalue weighted by Crippen LogP contribution is 2.42. The summed E-state index contributed by atoms with van der Waals surface area (Å²) in [6.45, 7) is 6.98. The highest BCUT2D eigenvalue weighted by molar-refractivity contribution is 6.30. The highest BCUT2D eigenvalue weighted by Gasteiger charge is 2.40. The van der Waals surface area contributed by atoms with Crippen LogP contribution in [0.4, 0.5) is 33.1 Å². The van der Waals surface area contributed by atoms with E-state index in [1.165, 1.54) is 18.5 Å². The summed E-state index contributed by atoms with van der Waals surface area (Å²) in [7, 11) is 3.78. The van der Waals surface area contributed by atoms with Gasteiger partial charge in [0.15, 0.2) is 5.82 Å². The standard InChI is InChI=1S/C30H33ClFN7O3/c1-4-30(40)36-22-12-23(27(41-3)13-25(22)38-15-19-7-9-37(2)26(19)16-38)35-28-14-29(34-17-33-28)39-24(8-10-42-39)18-5-6-21(32)20(31)11-18/h4-6,11-14,17,19,24,26H,1,7-10,15-16H2,2-3H3,(H,36,40)(H,33,34,35)/t19-,24+,26+/m0/s1. The molecule has 3 aliphatic heterocycles. The van der Waals surface area contributed by atoms with E-state index in [2.05, 4.69) is 44.0 Å². The van der Waals surface area contributed by atoms with Gasteiger partial charge in [-0.25, -0.2) is 19.4 Å². The Bertz CT molecular complexity index is 1510. The number of nitrogens with one attached hydrogen (secondary N) is 2. The SMILES string of the molecule is C=CC(=O)Nc1cc(Nc2cc(N3OCC[C@@H]3c3ccc(F)c(Cl)c3)ncn2)c(OC)cc1N1C[C@@H]2CCN(C)[C@@H]2C1. The van der Waals surface area contributed by atoms with Crippen LogP contribution in [0.25, 0.3) is 0 Å². The number of hydrogen-bond acceptors (Lipinski definition) is 9. The van der Waals surface area contributed by atoms with Gasteiger partial charge in [0.25, 0.3) is 0 Å². The molecule has 0 saturated carbocycles. The molecule has 10 nitrogen and oxygen atoms in total. The molecule has 1 amide bonds. The fraction of sp³-hybridized carbons (Fsp3) is 0.367. The number of hydroxylamine groups is 1. The summed E-state index contributed by atoms with van der Waals surface area (Å²) in [6.07, 6.45) is 4.54. The second-order valence-corrected chi connectivity index (χ2v) is 11.2. The second-order valence-electron chi connectivity index (χ2n) is 10.8. The van der Waals surface area contributed by atoms with E-state index in [-0.39, 0.29) is 17.0 Å². The van der Waals surface area contributed by atoms with Crippen molar-refractivity contribution in [1.29, 1.82) is 0 Å². The fourth-order valence-electron chi connectivity index (χ4n) is 6.14. The largest absolute Gasteiger partial charge is 0.494 e. The number of ether oxygens (including phenoxy) is 1. The van der Waals surface area contributed by atoms with Crippen LogP contribution in [0.1, 0.15) is 24.4 Å². The Morgan fingerprint density at radius 1 is 1.19 bits per heavy atom. The molecule has 220 valence electrons. The lowest BCUT2D eigenvalue weighted by molar-refractivity contribution is -0.111. The maximum atomic E-state index is 13.8. The van der Waals surface area contributed by atoms with Crippen LogP contribution in [0.3, 0.4) is 0 Å². The number of amides is 1. The molecule has 3 saturated heterocycles. The first-order chi connectivity index (χ1) is 20.3. The van der Waals surface area contributed by atoms with Gasteiger partial charge < -0.3 is 25.2 Å². The van der Waals surface area contributed by atoms with Gasteiger partial charge in [-0.1, -0.05) is 24.2 Å². The van der Waals surface area contributed by atoms with Crippen molar-refractivity contribution in [2.24, 2.45) is 5.92 Å². The maximum absolute atomic E-state index is 13.8. The Hall–Kier alpha value is -3.93. The number of carbonyl (C=O) groups excluding carboxylic acids is 1. The second kappa shape index (κ2) is 11.7. The minimum atomic E-state index is -0.469. The lowest BCUT2D eigenvalue weighted by Crippen LogP contribution is -2.32. The zero-order valence-corrected chi connectivity index (χ0v) is 24.3. The summed E-state index contributed by atoms with van der Waals surface area (Å²) in [4.78, 5) is 31.9. The van der Waals surface area contributed by atoms with Crippen molar-refractivity contribution in [3.8, 4) is 5.75 Å². The van der Waals surface area contributed by atoms with Gasteiger partial charge in [0, 0.05) is 37.7 Å². The van der Waals surface area contributed by atoms with Crippen LogP contribution in [-0.2, 0) is 9.63 Å². The van der Waals surface area contributed by atoms with Gasteiger partial charge in [-0.3, -0.25) is 9.63 Å². The molecule has 3 fully saturated rings. The van der Waals surface area contributed by atoms with Crippen LogP contribution < -0.4 is 25.3 Å². The Kier molecular flexibility index (Phi) is 7.89. The summed E-state index contributed by atoms with van der Waals surface area (Å²) in [5.74, 6) is 1.44. The van der Waals surface area contributed by atoms with Gasteiger partial charge in [0.1, 0.15) is 23.7 Å². The van der Waals surface area contributed by atoms with E-state index in [1.54, 1.807) is 30.4 Å². The number of halogens is 2. The third-order valence-electron chi connectivity index (χ3n) is 8.30. The Morgan fingerprint density at radius 2 is 2.05 bits per heavy atom. The third-order valence-corrected chi connectivity index (χ3v) is 8.59. The molecule has 0 spiro atoms. The molecule has 0 aliphatic carbocycles. The van der Waals surface area contributed by atoms with E-state index in [1.807, 2.05) is 12.1 Å². The molecule has 2 aromatic carbocycles. The van der Waals surface area contributed by atoms with E-state index in [4.69, 9.17) is 21.2 Å². The van der Waals surface area contributed by atoms with Gasteiger partial charge in [-0.15, -0.1) is 0 Å². The van der Waals surface area contributed by atoms with Crippen molar-refractivity contribution in [2.75, 3.05) is 61.0 Å². The number of fused-ring (bicyclic) bond motifs is 1. The molecule has 3 aliphatic rings. The molecule has 0 unspecified atom stereocenters. The number of nitrogens with zero attached hydrogens (tertiary/aromatic N) is 5. The predicted octanol–water partition coefficient (Wildman–Crippen LogP) is 5.17. The number of rotatable bonds is 8. The van der Waals surface area contributed by atoms with Gasteiger partial charge in [0.05, 0.1) is 41.8 Å². The average molecular weight is 594 g/mol. The Morgan fingerprint density at radius 3 is 2.81 bits per heavy atom. The van der Waals surface area contributed by atoms with E-state index in [0.717, 1.165) is 37.3 Å². The summed E-state index contributed by atoms with van der Waals surface area (Å²) < 4.78 is 19.6. The van der Waals surface area contributed by atoms with Crippen LogP contribution >= 0.6 is 11.6 Å². The predicted molar refractivity (Wildman–Crippen MR) is 161 cm³/mol. The molecule has 3 atom stereocenters. The molecule has 4 heterocycles. The number of hydrogen-bond donors (Lipinski definition) is 2. The minimum absolute atomic E-state index is 0.0587. The lowest BCUT2D eigenvalue weighted by Gasteiger charge is -2.26. The number of aromatic nitrogens is 2. The van der Waals surface area contributed by atoms with Gasteiger partial charge in [-0.2, -0.15) is 0 Å². The zero-order chi connectivity index (χ0) is 29.4. The molecule has 12 heteroatoms. The number of benzene rings is 2. The maximum Gasteiger partial charge on any atom is 0.247 e. The molecule has 0 radical (unpaired) electrons. The van der Waals surface area contributed by atoms with Crippen molar-refractivity contribution in [3.05, 3.63) is 71.8 Å². The van der Waals surface area contributed by atoms with Crippen molar-refractivity contribution in [1.82, 2.24) is 14.9 Å². The normalized spacial score (nSPS) is 21.9. The van der Waals surface area contributed by atoms with Crippen molar-refractivity contribution in [2.45, 2.75) is 24.9 Å². The zero-order valence-electron chi connectivity index (χ0n) is 23.5. The minimum Gasteiger partial charge on any atom is -0.494 e. The van der Waals surface area contributed by atoms with Crippen LogP contribution in [0.15, 0.2) is 55.4 Å². The molecule has 6 rings (SSSR count). The van der Waals surface area contributed by atoms with Crippen molar-refractivity contribution < 1.29 is 18.8 Å². The van der Waals surface area contributed by atoms with Crippen molar-refractivity contribution >= 4 is 46.2 Å². The number of likely N-dealkylation sites (tertiary alicyclic amines) is 1. The highest BCUT2D eigenvalue weighted by atomic mass is 35.5. The van der Waals surface area contributed by atoms with Crippen molar-refractivity contribution in [3.63, 3.8) is 0 Å². The van der Waals surface area contributed by atoms with Crippen LogP contribution in [0, 0.1) is 11.7 Å². The van der Waals surface area contributed by atoms with Crippen LogP contribution in [0.5, 0.6) is 5.75 Å². The van der Waals surface area contributed by atoms with Gasteiger partial charge in [-0.05, 0) is 55.8 Å². The van der Waals surface area contributed by atoms with E-state index in [9.17, 15) is 9.18 Å². The summed E-state index contributed by atoms with van der Waals surface area (Å²) in [6, 6.07) is 10.5.